The van der Waals surface area contributed by atoms with Crippen molar-refractivity contribution >= 4 is 5.91 Å². The molecule has 0 aromatic heterocycles. The standard InChI is InChI=1S/C13H20N2O2/c14-10-13(6-3-7-13)12(17)15-8-2-1-4-11(15)5-9-16/h11,16H,1-9H2. The maximum Gasteiger partial charge on any atom is 0.243 e. The van der Waals surface area contributed by atoms with Crippen molar-refractivity contribution in [1.29, 1.82) is 5.26 Å². The van der Waals surface area contributed by atoms with Crippen LogP contribution in [0.5, 0.6) is 0 Å². The van der Waals surface area contributed by atoms with Crippen LogP contribution in [-0.4, -0.2) is 35.1 Å². The molecule has 1 aliphatic carbocycles. The van der Waals surface area contributed by atoms with Crippen LogP contribution in [0.15, 0.2) is 0 Å². The number of nitrogens with zero attached hydrogens (tertiary/aromatic N) is 2. The van der Waals surface area contributed by atoms with E-state index in [-0.39, 0.29) is 18.6 Å². The van der Waals surface area contributed by atoms with E-state index < -0.39 is 5.41 Å². The van der Waals surface area contributed by atoms with Crippen molar-refractivity contribution in [2.45, 2.75) is 51.0 Å². The molecule has 94 valence electrons. The van der Waals surface area contributed by atoms with Crippen molar-refractivity contribution < 1.29 is 9.90 Å². The molecule has 2 aliphatic rings. The van der Waals surface area contributed by atoms with Gasteiger partial charge in [0.25, 0.3) is 0 Å². The Morgan fingerprint density at radius 1 is 1.41 bits per heavy atom. The summed E-state index contributed by atoms with van der Waals surface area (Å²) in [6.07, 6.45) is 6.16. The van der Waals surface area contributed by atoms with Crippen LogP contribution in [0.4, 0.5) is 0 Å². The Balaban J connectivity index is 2.08. The van der Waals surface area contributed by atoms with Crippen molar-refractivity contribution in [2.24, 2.45) is 5.41 Å². The van der Waals surface area contributed by atoms with Crippen molar-refractivity contribution in [3.8, 4) is 6.07 Å². The van der Waals surface area contributed by atoms with Crippen molar-refractivity contribution in [3.05, 3.63) is 0 Å². The minimum absolute atomic E-state index is 0.0180. The second kappa shape index (κ2) is 5.05. The molecule has 0 aromatic carbocycles. The third kappa shape index (κ3) is 2.16. The number of piperidine rings is 1. The fourth-order valence-electron chi connectivity index (χ4n) is 2.90. The van der Waals surface area contributed by atoms with Gasteiger partial charge in [0.1, 0.15) is 5.41 Å². The molecule has 1 unspecified atom stereocenters. The van der Waals surface area contributed by atoms with Gasteiger partial charge in [0, 0.05) is 19.2 Å². The highest BCUT2D eigenvalue weighted by Crippen LogP contribution is 2.43. The summed E-state index contributed by atoms with van der Waals surface area (Å²) in [5, 5.41) is 18.3. The molecule has 0 bridgehead atoms. The maximum atomic E-state index is 12.4. The summed E-state index contributed by atoms with van der Waals surface area (Å²) in [6, 6.07) is 2.37. The largest absolute Gasteiger partial charge is 0.396 e. The van der Waals surface area contributed by atoms with E-state index in [9.17, 15) is 10.1 Å². The van der Waals surface area contributed by atoms with E-state index in [0.717, 1.165) is 32.2 Å². The van der Waals surface area contributed by atoms with E-state index in [4.69, 9.17) is 5.11 Å². The van der Waals surface area contributed by atoms with Gasteiger partial charge in [-0.2, -0.15) is 5.26 Å². The Morgan fingerprint density at radius 3 is 2.71 bits per heavy atom. The summed E-state index contributed by atoms with van der Waals surface area (Å²) in [5.74, 6) is 0.0180. The molecule has 2 rings (SSSR count). The van der Waals surface area contributed by atoms with Gasteiger partial charge in [-0.3, -0.25) is 4.79 Å². The zero-order valence-corrected chi connectivity index (χ0v) is 10.2. The van der Waals surface area contributed by atoms with E-state index in [1.165, 1.54) is 0 Å². The Kier molecular flexibility index (Phi) is 3.68. The van der Waals surface area contributed by atoms with E-state index in [1.54, 1.807) is 0 Å². The molecule has 4 heteroatoms. The summed E-state index contributed by atoms with van der Waals surface area (Å²) in [5.41, 5.74) is -0.731. The molecule has 0 spiro atoms. The second-order valence-corrected chi connectivity index (χ2v) is 5.21. The summed E-state index contributed by atoms with van der Waals surface area (Å²) in [4.78, 5) is 14.3. The smallest absolute Gasteiger partial charge is 0.243 e. The van der Waals surface area contributed by atoms with Crippen LogP contribution in [0.1, 0.15) is 44.9 Å². The number of aliphatic hydroxyl groups excluding tert-OH is 1. The van der Waals surface area contributed by atoms with Gasteiger partial charge in [0.05, 0.1) is 6.07 Å². The molecule has 2 fully saturated rings. The monoisotopic (exact) mass is 236 g/mol. The van der Waals surface area contributed by atoms with Crippen molar-refractivity contribution in [2.75, 3.05) is 13.2 Å². The van der Waals surface area contributed by atoms with Gasteiger partial charge in [-0.1, -0.05) is 0 Å². The van der Waals surface area contributed by atoms with Crippen LogP contribution in [0, 0.1) is 16.7 Å². The van der Waals surface area contributed by atoms with Crippen LogP contribution >= 0.6 is 0 Å². The number of hydrogen-bond donors (Lipinski definition) is 1. The molecule has 0 radical (unpaired) electrons. The minimum atomic E-state index is -0.731. The Morgan fingerprint density at radius 2 is 2.18 bits per heavy atom. The fraction of sp³-hybridized carbons (Fsp3) is 0.846. The highest BCUT2D eigenvalue weighted by Gasteiger charge is 2.48. The molecule has 1 aliphatic heterocycles. The summed E-state index contributed by atoms with van der Waals surface area (Å²) in [6.45, 7) is 0.876. The number of carbonyl (C=O) groups excluding carboxylic acids is 1. The first-order valence-corrected chi connectivity index (χ1v) is 6.57. The number of hydrogen-bond acceptors (Lipinski definition) is 3. The second-order valence-electron chi connectivity index (χ2n) is 5.21. The third-order valence-electron chi connectivity index (χ3n) is 4.18. The molecule has 1 saturated carbocycles. The molecule has 1 atom stereocenters. The predicted octanol–water partition coefficient (Wildman–Crippen LogP) is 1.44. The highest BCUT2D eigenvalue weighted by molar-refractivity contribution is 5.86. The molecule has 1 N–H and O–H groups in total. The molecule has 0 aromatic rings. The lowest BCUT2D eigenvalue weighted by atomic mass is 9.68. The first-order valence-electron chi connectivity index (χ1n) is 6.57. The lowest BCUT2D eigenvalue weighted by molar-refractivity contribution is -0.147. The predicted molar refractivity (Wildman–Crippen MR) is 63.0 cm³/mol. The number of likely N-dealkylation sites (tertiary alicyclic amines) is 1. The average Bonchev–Trinajstić information content (AvgIpc) is 2.29. The fourth-order valence-corrected chi connectivity index (χ4v) is 2.90. The molecule has 17 heavy (non-hydrogen) atoms. The van der Waals surface area contributed by atoms with Crippen LogP contribution < -0.4 is 0 Å². The number of rotatable bonds is 3. The SMILES string of the molecule is N#CC1(C(=O)N2CCCCC2CCO)CCC1. The Bertz CT molecular complexity index is 329. The Hall–Kier alpha value is -1.08. The maximum absolute atomic E-state index is 12.4. The van der Waals surface area contributed by atoms with Gasteiger partial charge in [-0.05, 0) is 44.9 Å². The lowest BCUT2D eigenvalue weighted by Crippen LogP contribution is -2.53. The minimum Gasteiger partial charge on any atom is -0.396 e. The molecule has 1 amide bonds. The van der Waals surface area contributed by atoms with E-state index in [1.807, 2.05) is 4.90 Å². The zero-order valence-electron chi connectivity index (χ0n) is 10.2. The first-order chi connectivity index (χ1) is 8.23. The number of nitriles is 1. The Labute approximate surface area is 102 Å². The topological polar surface area (TPSA) is 64.3 Å². The van der Waals surface area contributed by atoms with Gasteiger partial charge in [0.2, 0.25) is 5.91 Å². The summed E-state index contributed by atoms with van der Waals surface area (Å²) in [7, 11) is 0. The molecule has 1 heterocycles. The number of aliphatic hydroxyl groups is 1. The highest BCUT2D eigenvalue weighted by atomic mass is 16.3. The molecule has 1 saturated heterocycles. The lowest BCUT2D eigenvalue weighted by Gasteiger charge is -2.43. The van der Waals surface area contributed by atoms with Crippen molar-refractivity contribution in [1.82, 2.24) is 4.90 Å². The molecular weight excluding hydrogens is 216 g/mol. The first kappa shape index (κ1) is 12.4. The van der Waals surface area contributed by atoms with Crippen LogP contribution in [0.3, 0.4) is 0 Å². The summed E-state index contributed by atoms with van der Waals surface area (Å²) < 4.78 is 0. The number of amides is 1. The van der Waals surface area contributed by atoms with Gasteiger partial charge < -0.3 is 10.0 Å². The van der Waals surface area contributed by atoms with Crippen LogP contribution in [0.25, 0.3) is 0 Å². The van der Waals surface area contributed by atoms with Gasteiger partial charge in [-0.25, -0.2) is 0 Å². The van der Waals surface area contributed by atoms with E-state index >= 15 is 0 Å². The normalized spacial score (nSPS) is 27.1. The van der Waals surface area contributed by atoms with Crippen LogP contribution in [-0.2, 0) is 4.79 Å². The van der Waals surface area contributed by atoms with E-state index in [0.29, 0.717) is 19.3 Å². The van der Waals surface area contributed by atoms with Gasteiger partial charge in [-0.15, -0.1) is 0 Å². The summed E-state index contributed by atoms with van der Waals surface area (Å²) >= 11 is 0. The van der Waals surface area contributed by atoms with Crippen molar-refractivity contribution in [3.63, 3.8) is 0 Å². The molecular formula is C13H20N2O2. The number of carbonyl (C=O) groups is 1. The van der Waals surface area contributed by atoms with E-state index in [2.05, 4.69) is 6.07 Å². The van der Waals surface area contributed by atoms with Gasteiger partial charge in [0.15, 0.2) is 0 Å². The van der Waals surface area contributed by atoms with Gasteiger partial charge >= 0.3 is 0 Å². The quantitative estimate of drug-likeness (QED) is 0.806. The zero-order chi connectivity index (χ0) is 12.3. The third-order valence-corrected chi connectivity index (χ3v) is 4.18. The van der Waals surface area contributed by atoms with Crippen LogP contribution in [0.2, 0.25) is 0 Å². The molecule has 4 nitrogen and oxygen atoms in total. The average molecular weight is 236 g/mol.